The number of carbonyl (C=O) groups excluding carboxylic acids is 1. The van der Waals surface area contributed by atoms with Crippen molar-refractivity contribution < 1.29 is 14.7 Å². The molecular formula is C14H17N5O4. The molecule has 9 nitrogen and oxygen atoms in total. The van der Waals surface area contributed by atoms with Crippen LogP contribution in [-0.2, 0) is 4.74 Å². The second kappa shape index (κ2) is 6.11. The summed E-state index contributed by atoms with van der Waals surface area (Å²) in [7, 11) is 1.36. The van der Waals surface area contributed by atoms with Crippen LogP contribution < -0.4 is 11.0 Å². The lowest BCUT2D eigenvalue weighted by atomic mass is 10.1. The number of hydrogen-bond acceptors (Lipinski definition) is 7. The zero-order chi connectivity index (χ0) is 16.4. The Balaban J connectivity index is 1.80. The van der Waals surface area contributed by atoms with Crippen LogP contribution in [-0.4, -0.2) is 57.1 Å². The molecule has 1 fully saturated rings. The van der Waals surface area contributed by atoms with Crippen LogP contribution in [0.2, 0.25) is 0 Å². The Morgan fingerprint density at radius 3 is 2.87 bits per heavy atom. The molecule has 2 N–H and O–H groups in total. The highest BCUT2D eigenvalue weighted by Crippen LogP contribution is 2.21. The topological polar surface area (TPSA) is 110 Å². The average molecular weight is 319 g/mol. The van der Waals surface area contributed by atoms with Crippen molar-refractivity contribution in [2.24, 2.45) is 0 Å². The van der Waals surface area contributed by atoms with Gasteiger partial charge in [-0.2, -0.15) is 4.98 Å². The van der Waals surface area contributed by atoms with E-state index in [4.69, 9.17) is 4.74 Å². The van der Waals surface area contributed by atoms with E-state index in [2.05, 4.69) is 15.3 Å². The smallest absolute Gasteiger partial charge is 0.409 e. The largest absolute Gasteiger partial charge is 0.453 e. The van der Waals surface area contributed by atoms with Crippen LogP contribution in [0.1, 0.15) is 12.8 Å². The quantitative estimate of drug-likeness (QED) is 0.783. The summed E-state index contributed by atoms with van der Waals surface area (Å²) in [5, 5.41) is 13.5. The molecule has 0 spiro atoms. The summed E-state index contributed by atoms with van der Waals surface area (Å²) in [6.45, 7) is 1.13. The van der Waals surface area contributed by atoms with E-state index in [0.29, 0.717) is 41.9 Å². The van der Waals surface area contributed by atoms with Gasteiger partial charge in [-0.3, -0.25) is 0 Å². The third kappa shape index (κ3) is 2.89. The number of aromatic nitrogens is 3. The van der Waals surface area contributed by atoms with Crippen LogP contribution in [0.3, 0.4) is 0 Å². The van der Waals surface area contributed by atoms with E-state index in [-0.39, 0.29) is 17.8 Å². The fourth-order valence-corrected chi connectivity index (χ4v) is 2.68. The molecule has 2 aromatic heterocycles. The van der Waals surface area contributed by atoms with Crippen molar-refractivity contribution in [2.75, 3.05) is 25.5 Å². The van der Waals surface area contributed by atoms with E-state index >= 15 is 0 Å². The minimum Gasteiger partial charge on any atom is -0.453 e. The highest BCUT2D eigenvalue weighted by atomic mass is 16.5. The Labute approximate surface area is 131 Å². The summed E-state index contributed by atoms with van der Waals surface area (Å²) in [5.41, 5.74) is -0.632. The second-order valence-electron chi connectivity index (χ2n) is 5.31. The molecule has 0 radical (unpaired) electrons. The summed E-state index contributed by atoms with van der Waals surface area (Å²) in [4.78, 5) is 32.7. The second-order valence-corrected chi connectivity index (χ2v) is 5.31. The van der Waals surface area contributed by atoms with Gasteiger partial charge >= 0.3 is 11.8 Å². The van der Waals surface area contributed by atoms with Crippen molar-refractivity contribution in [3.8, 4) is 0 Å². The van der Waals surface area contributed by atoms with Crippen molar-refractivity contribution >= 4 is 22.9 Å². The van der Waals surface area contributed by atoms with Crippen molar-refractivity contribution in [3.63, 3.8) is 0 Å². The molecule has 0 aliphatic carbocycles. The molecule has 122 valence electrons. The van der Waals surface area contributed by atoms with Gasteiger partial charge in [-0.25, -0.2) is 14.6 Å². The minimum atomic E-state index is -0.786. The molecule has 9 heteroatoms. The highest BCUT2D eigenvalue weighted by Gasteiger charge is 2.24. The maximum absolute atomic E-state index is 11.7. The van der Waals surface area contributed by atoms with Gasteiger partial charge in [0, 0.05) is 25.3 Å². The minimum absolute atomic E-state index is 0.0701. The molecule has 3 heterocycles. The van der Waals surface area contributed by atoms with Crippen molar-refractivity contribution in [2.45, 2.75) is 18.9 Å². The number of pyridine rings is 1. The van der Waals surface area contributed by atoms with Gasteiger partial charge in [0.1, 0.15) is 5.82 Å². The number of likely N-dealkylation sites (tertiary alicyclic amines) is 1. The van der Waals surface area contributed by atoms with E-state index in [9.17, 15) is 14.8 Å². The summed E-state index contributed by atoms with van der Waals surface area (Å²) < 4.78 is 5.13. The molecule has 3 rings (SSSR count). The Morgan fingerprint density at radius 2 is 2.17 bits per heavy atom. The summed E-state index contributed by atoms with van der Waals surface area (Å²) in [5.74, 6) is 0.389. The number of nitrogens with zero attached hydrogens (tertiary/aromatic N) is 4. The maximum Gasteiger partial charge on any atom is 0.409 e. The third-order valence-electron chi connectivity index (χ3n) is 3.90. The number of rotatable bonds is 2. The molecule has 0 unspecified atom stereocenters. The van der Waals surface area contributed by atoms with Crippen molar-refractivity contribution in [3.05, 3.63) is 28.8 Å². The van der Waals surface area contributed by atoms with Gasteiger partial charge in [0.05, 0.1) is 12.5 Å². The zero-order valence-electron chi connectivity index (χ0n) is 12.6. The lowest BCUT2D eigenvalue weighted by Gasteiger charge is -2.31. The zero-order valence-corrected chi connectivity index (χ0v) is 12.6. The molecule has 0 bridgehead atoms. The lowest BCUT2D eigenvalue weighted by molar-refractivity contribution is 0.113. The lowest BCUT2D eigenvalue weighted by Crippen LogP contribution is -2.42. The molecule has 1 aliphatic rings. The van der Waals surface area contributed by atoms with E-state index in [1.807, 2.05) is 0 Å². The number of anilines is 1. The SMILES string of the molecule is COC(=O)N1CCC(Nc2nc(=O)n(O)c3ncccc23)CC1. The predicted octanol–water partition coefficient (Wildman–Crippen LogP) is 0.671. The molecule has 0 aromatic carbocycles. The number of hydrogen-bond donors (Lipinski definition) is 2. The van der Waals surface area contributed by atoms with Crippen LogP contribution in [0.4, 0.5) is 10.6 Å². The number of methoxy groups -OCH3 is 1. The Morgan fingerprint density at radius 1 is 1.43 bits per heavy atom. The molecule has 1 amide bonds. The number of fused-ring (bicyclic) bond motifs is 1. The van der Waals surface area contributed by atoms with Gasteiger partial charge in [0.25, 0.3) is 0 Å². The van der Waals surface area contributed by atoms with Crippen LogP contribution >= 0.6 is 0 Å². The fourth-order valence-electron chi connectivity index (χ4n) is 2.68. The standard InChI is InChI=1S/C14H17N5O4/c1-23-14(21)18-7-4-9(5-8-18)16-11-10-3-2-6-15-12(10)19(22)13(20)17-11/h2-3,6,9,22H,4-5,7-8H2,1H3,(H,16,17,20). The fraction of sp³-hybridized carbons (Fsp3) is 0.429. The van der Waals surface area contributed by atoms with Crippen molar-refractivity contribution in [1.82, 2.24) is 19.6 Å². The van der Waals surface area contributed by atoms with Crippen molar-refractivity contribution in [1.29, 1.82) is 0 Å². The number of amides is 1. The summed E-state index contributed by atoms with van der Waals surface area (Å²) in [6, 6.07) is 3.51. The first-order chi connectivity index (χ1) is 11.1. The van der Waals surface area contributed by atoms with Crippen LogP contribution in [0.15, 0.2) is 23.1 Å². The molecule has 2 aromatic rings. The molecule has 1 saturated heterocycles. The number of carbonyl (C=O) groups is 1. The highest BCUT2D eigenvalue weighted by molar-refractivity contribution is 5.86. The summed E-state index contributed by atoms with van der Waals surface area (Å²) >= 11 is 0. The number of piperidine rings is 1. The molecule has 0 atom stereocenters. The third-order valence-corrected chi connectivity index (χ3v) is 3.90. The van der Waals surface area contributed by atoms with Gasteiger partial charge in [0.2, 0.25) is 0 Å². The van der Waals surface area contributed by atoms with E-state index in [1.165, 1.54) is 13.3 Å². The first kappa shape index (κ1) is 15.1. The Kier molecular flexibility index (Phi) is 4.00. The first-order valence-corrected chi connectivity index (χ1v) is 7.26. The molecule has 0 saturated carbocycles. The van der Waals surface area contributed by atoms with Crippen LogP contribution in [0.5, 0.6) is 0 Å². The molecular weight excluding hydrogens is 302 g/mol. The van der Waals surface area contributed by atoms with Crippen LogP contribution in [0.25, 0.3) is 11.0 Å². The van der Waals surface area contributed by atoms with Gasteiger partial charge < -0.3 is 20.2 Å². The Hall–Kier alpha value is -2.84. The molecule has 23 heavy (non-hydrogen) atoms. The molecule has 1 aliphatic heterocycles. The van der Waals surface area contributed by atoms with Crippen LogP contribution in [0, 0.1) is 0 Å². The van der Waals surface area contributed by atoms with E-state index < -0.39 is 5.69 Å². The normalized spacial score (nSPS) is 15.6. The summed E-state index contributed by atoms with van der Waals surface area (Å²) in [6.07, 6.45) is 2.58. The van der Waals surface area contributed by atoms with E-state index in [0.717, 1.165) is 0 Å². The van der Waals surface area contributed by atoms with Gasteiger partial charge in [0.15, 0.2) is 5.65 Å². The van der Waals surface area contributed by atoms with Gasteiger partial charge in [-0.15, -0.1) is 4.73 Å². The monoisotopic (exact) mass is 319 g/mol. The number of ether oxygens (including phenoxy) is 1. The maximum atomic E-state index is 11.7. The predicted molar refractivity (Wildman–Crippen MR) is 81.6 cm³/mol. The Bertz CT molecular complexity index is 782. The van der Waals surface area contributed by atoms with E-state index in [1.54, 1.807) is 17.0 Å². The average Bonchev–Trinajstić information content (AvgIpc) is 2.59. The van der Waals surface area contributed by atoms with Gasteiger partial charge in [-0.05, 0) is 25.0 Å². The first-order valence-electron chi connectivity index (χ1n) is 7.26. The van der Waals surface area contributed by atoms with Gasteiger partial charge in [-0.1, -0.05) is 0 Å². The number of nitrogens with one attached hydrogen (secondary N) is 1.